The molecular weight excluding hydrogens is 272 g/mol. The SMILES string of the molecule is COc1cc(OCC#N)ccc1N1C=Nc2nc[nH]c2N1. The van der Waals surface area contributed by atoms with E-state index in [-0.39, 0.29) is 6.61 Å². The van der Waals surface area contributed by atoms with E-state index in [0.717, 1.165) is 5.69 Å². The van der Waals surface area contributed by atoms with E-state index in [1.54, 1.807) is 36.9 Å². The molecule has 0 saturated heterocycles. The monoisotopic (exact) mass is 284 g/mol. The second-order valence-corrected chi connectivity index (χ2v) is 4.11. The van der Waals surface area contributed by atoms with Crippen molar-refractivity contribution >= 4 is 23.7 Å². The number of nitrogens with one attached hydrogen (secondary N) is 2. The number of H-pyrrole nitrogens is 1. The molecule has 0 bridgehead atoms. The molecule has 0 spiro atoms. The number of methoxy groups -OCH3 is 1. The Balaban J connectivity index is 1.87. The van der Waals surface area contributed by atoms with Gasteiger partial charge >= 0.3 is 0 Å². The van der Waals surface area contributed by atoms with Gasteiger partial charge in [0.05, 0.1) is 13.4 Å². The summed E-state index contributed by atoms with van der Waals surface area (Å²) in [5.41, 5.74) is 3.88. The van der Waals surface area contributed by atoms with Crippen molar-refractivity contribution in [3.05, 3.63) is 24.5 Å². The fraction of sp³-hybridized carbons (Fsp3) is 0.154. The standard InChI is InChI=1S/C13H12N6O2/c1-20-11-6-9(21-5-4-14)2-3-10(11)19-8-17-12-13(18-19)16-7-15-12/h2-3,6-8,18H,5H2,1H3,(H,15,16). The maximum atomic E-state index is 8.53. The Hall–Kier alpha value is -3.21. The van der Waals surface area contributed by atoms with Gasteiger partial charge in [0.2, 0.25) is 0 Å². The Labute approximate surface area is 120 Å². The number of fused-ring (bicyclic) bond motifs is 1. The van der Waals surface area contributed by atoms with Gasteiger partial charge in [0.1, 0.15) is 29.6 Å². The number of imidazole rings is 1. The van der Waals surface area contributed by atoms with Gasteiger partial charge in [-0.15, -0.1) is 0 Å². The number of rotatable bonds is 4. The molecule has 2 heterocycles. The molecule has 3 rings (SSSR count). The van der Waals surface area contributed by atoms with Gasteiger partial charge in [0.15, 0.2) is 18.2 Å². The molecule has 0 aliphatic carbocycles. The number of nitrogens with zero attached hydrogens (tertiary/aromatic N) is 4. The number of hydrogen-bond acceptors (Lipinski definition) is 7. The molecule has 0 fully saturated rings. The summed E-state index contributed by atoms with van der Waals surface area (Å²) in [6.45, 7) is -0.0105. The molecule has 1 aliphatic rings. The molecule has 0 radical (unpaired) electrons. The van der Waals surface area contributed by atoms with E-state index in [2.05, 4.69) is 20.4 Å². The highest BCUT2D eigenvalue weighted by Gasteiger charge is 2.18. The molecule has 106 valence electrons. The van der Waals surface area contributed by atoms with Crippen LogP contribution in [0, 0.1) is 11.3 Å². The summed E-state index contributed by atoms with van der Waals surface area (Å²) in [7, 11) is 1.57. The minimum absolute atomic E-state index is 0.0105. The summed E-state index contributed by atoms with van der Waals surface area (Å²) in [4.78, 5) is 11.2. The second kappa shape index (κ2) is 5.42. The summed E-state index contributed by atoms with van der Waals surface area (Å²) < 4.78 is 10.6. The Kier molecular flexibility index (Phi) is 3.31. The minimum Gasteiger partial charge on any atom is -0.494 e. The number of aromatic amines is 1. The summed E-state index contributed by atoms with van der Waals surface area (Å²) >= 11 is 0. The van der Waals surface area contributed by atoms with Crippen molar-refractivity contribution in [3.8, 4) is 17.6 Å². The summed E-state index contributed by atoms with van der Waals surface area (Å²) in [6, 6.07) is 7.20. The Bertz CT molecular complexity index is 718. The highest BCUT2D eigenvalue weighted by atomic mass is 16.5. The van der Waals surface area contributed by atoms with E-state index in [9.17, 15) is 0 Å². The fourth-order valence-electron chi connectivity index (χ4n) is 1.91. The number of ether oxygens (including phenoxy) is 2. The Morgan fingerprint density at radius 2 is 2.33 bits per heavy atom. The van der Waals surface area contributed by atoms with Gasteiger partial charge < -0.3 is 14.5 Å². The molecule has 0 unspecified atom stereocenters. The van der Waals surface area contributed by atoms with Gasteiger partial charge in [-0.2, -0.15) is 5.26 Å². The maximum absolute atomic E-state index is 8.53. The predicted molar refractivity (Wildman–Crippen MR) is 76.9 cm³/mol. The van der Waals surface area contributed by atoms with Crippen LogP contribution in [0.5, 0.6) is 11.5 Å². The first-order chi connectivity index (χ1) is 10.3. The van der Waals surface area contributed by atoms with E-state index in [1.165, 1.54) is 0 Å². The molecule has 2 aromatic rings. The van der Waals surface area contributed by atoms with Crippen molar-refractivity contribution in [1.29, 1.82) is 5.26 Å². The lowest BCUT2D eigenvalue weighted by molar-refractivity contribution is 0.361. The number of hydrazine groups is 1. The van der Waals surface area contributed by atoms with Crippen molar-refractivity contribution in [2.45, 2.75) is 0 Å². The molecule has 21 heavy (non-hydrogen) atoms. The van der Waals surface area contributed by atoms with Crippen molar-refractivity contribution < 1.29 is 9.47 Å². The molecule has 1 aliphatic heterocycles. The first-order valence-corrected chi connectivity index (χ1v) is 6.13. The average Bonchev–Trinajstić information content (AvgIpc) is 3.00. The molecule has 8 nitrogen and oxygen atoms in total. The maximum Gasteiger partial charge on any atom is 0.198 e. The number of nitriles is 1. The lowest BCUT2D eigenvalue weighted by atomic mass is 10.2. The topological polar surface area (TPSA) is 98.6 Å². The van der Waals surface area contributed by atoms with Gasteiger partial charge in [-0.3, -0.25) is 5.43 Å². The van der Waals surface area contributed by atoms with E-state index >= 15 is 0 Å². The smallest absolute Gasteiger partial charge is 0.198 e. The average molecular weight is 284 g/mol. The molecule has 0 atom stereocenters. The van der Waals surface area contributed by atoms with Crippen LogP contribution >= 0.6 is 0 Å². The molecular formula is C13H12N6O2. The van der Waals surface area contributed by atoms with Crippen LogP contribution in [-0.4, -0.2) is 30.0 Å². The number of aromatic nitrogens is 2. The van der Waals surface area contributed by atoms with Gasteiger partial charge in [-0.05, 0) is 12.1 Å². The first-order valence-electron chi connectivity index (χ1n) is 6.13. The van der Waals surface area contributed by atoms with Gasteiger partial charge in [0.25, 0.3) is 0 Å². The highest BCUT2D eigenvalue weighted by Crippen LogP contribution is 2.34. The van der Waals surface area contributed by atoms with Gasteiger partial charge in [0, 0.05) is 6.07 Å². The van der Waals surface area contributed by atoms with E-state index in [1.807, 2.05) is 12.1 Å². The normalized spacial score (nSPS) is 12.3. The lowest BCUT2D eigenvalue weighted by Crippen LogP contribution is -2.30. The van der Waals surface area contributed by atoms with Crippen LogP contribution in [0.3, 0.4) is 0 Å². The molecule has 2 N–H and O–H groups in total. The van der Waals surface area contributed by atoms with E-state index in [4.69, 9.17) is 14.7 Å². The van der Waals surface area contributed by atoms with Crippen molar-refractivity contribution in [2.75, 3.05) is 24.2 Å². The minimum atomic E-state index is -0.0105. The van der Waals surface area contributed by atoms with Crippen LogP contribution in [0.1, 0.15) is 0 Å². The highest BCUT2D eigenvalue weighted by molar-refractivity contribution is 5.90. The van der Waals surface area contributed by atoms with Crippen molar-refractivity contribution in [3.63, 3.8) is 0 Å². The summed E-state index contributed by atoms with van der Waals surface area (Å²) in [5.74, 6) is 2.45. The van der Waals surface area contributed by atoms with E-state index in [0.29, 0.717) is 23.1 Å². The number of aliphatic imine (C=N–C) groups is 1. The first kappa shape index (κ1) is 12.8. The van der Waals surface area contributed by atoms with Crippen molar-refractivity contribution in [2.24, 2.45) is 4.99 Å². The van der Waals surface area contributed by atoms with Crippen LogP contribution in [0.15, 0.2) is 29.5 Å². The zero-order valence-corrected chi connectivity index (χ0v) is 11.2. The third kappa shape index (κ3) is 2.44. The van der Waals surface area contributed by atoms with E-state index < -0.39 is 0 Å². The molecule has 8 heteroatoms. The second-order valence-electron chi connectivity index (χ2n) is 4.11. The molecule has 0 amide bonds. The van der Waals surface area contributed by atoms with Crippen LogP contribution in [-0.2, 0) is 0 Å². The van der Waals surface area contributed by atoms with Gasteiger partial charge in [-0.1, -0.05) is 0 Å². The third-order valence-electron chi connectivity index (χ3n) is 2.86. The molecule has 0 saturated carbocycles. The van der Waals surface area contributed by atoms with Gasteiger partial charge in [-0.25, -0.2) is 15.0 Å². The van der Waals surface area contributed by atoms with Crippen LogP contribution in [0.25, 0.3) is 0 Å². The summed E-state index contributed by atoms with van der Waals surface area (Å²) in [5, 5.41) is 10.2. The Morgan fingerprint density at radius 1 is 1.43 bits per heavy atom. The third-order valence-corrected chi connectivity index (χ3v) is 2.86. The predicted octanol–water partition coefficient (Wildman–Crippen LogP) is 1.83. The number of benzene rings is 1. The molecule has 1 aromatic heterocycles. The Morgan fingerprint density at radius 3 is 3.14 bits per heavy atom. The zero-order chi connectivity index (χ0) is 14.7. The summed E-state index contributed by atoms with van der Waals surface area (Å²) in [6.07, 6.45) is 3.17. The number of hydrogen-bond donors (Lipinski definition) is 2. The lowest BCUT2D eigenvalue weighted by Gasteiger charge is -2.25. The van der Waals surface area contributed by atoms with Crippen LogP contribution in [0.2, 0.25) is 0 Å². The quantitative estimate of drug-likeness (QED) is 0.888. The van der Waals surface area contributed by atoms with Crippen LogP contribution < -0.4 is 19.9 Å². The van der Waals surface area contributed by atoms with Crippen LogP contribution in [0.4, 0.5) is 17.3 Å². The molecule has 1 aromatic carbocycles. The zero-order valence-electron chi connectivity index (χ0n) is 11.2. The van der Waals surface area contributed by atoms with Crippen molar-refractivity contribution in [1.82, 2.24) is 9.97 Å². The largest absolute Gasteiger partial charge is 0.494 e. The number of anilines is 2. The fourth-order valence-corrected chi connectivity index (χ4v) is 1.91.